The number of carbonyl (C=O) groups is 1. The van der Waals surface area contributed by atoms with E-state index in [0.717, 1.165) is 44.9 Å². The van der Waals surface area contributed by atoms with E-state index in [0.29, 0.717) is 6.42 Å². The molecule has 0 radical (unpaired) electrons. The zero-order chi connectivity index (χ0) is 46.7. The molecule has 0 spiro atoms. The van der Waals surface area contributed by atoms with E-state index in [1.54, 1.807) is 6.08 Å². The summed E-state index contributed by atoms with van der Waals surface area (Å²) in [5, 5.41) is 64.9. The number of unbranched alkanes of at least 4 members (excludes halogenated alkanes) is 36. The van der Waals surface area contributed by atoms with Gasteiger partial charge in [0.1, 0.15) is 30.5 Å². The van der Waals surface area contributed by atoms with E-state index in [-0.39, 0.29) is 6.61 Å². The summed E-state index contributed by atoms with van der Waals surface area (Å²) >= 11 is 0. The molecule has 1 saturated heterocycles. The summed E-state index contributed by atoms with van der Waals surface area (Å²) in [6.07, 6.45) is 43.1. The van der Waals surface area contributed by atoms with Crippen LogP contribution >= 0.6 is 0 Å². The monoisotopic (exact) mass is 912 g/mol. The number of aliphatic hydroxyl groups excluding tert-OH is 6. The summed E-state index contributed by atoms with van der Waals surface area (Å²) in [6, 6.07) is -0.975. The van der Waals surface area contributed by atoms with Gasteiger partial charge < -0.3 is 45.4 Å². The number of amides is 1. The molecule has 64 heavy (non-hydrogen) atoms. The Morgan fingerprint density at radius 1 is 0.531 bits per heavy atom. The van der Waals surface area contributed by atoms with Crippen molar-refractivity contribution in [2.24, 2.45) is 0 Å². The highest BCUT2D eigenvalue weighted by atomic mass is 16.7. The van der Waals surface area contributed by atoms with Crippen LogP contribution in [-0.4, -0.2) is 98.7 Å². The molecule has 1 aliphatic heterocycles. The number of hydrogen-bond acceptors (Lipinski definition) is 9. The smallest absolute Gasteiger partial charge is 0.249 e. The molecular weight excluding hydrogens is 807 g/mol. The predicted molar refractivity (Wildman–Crippen MR) is 264 cm³/mol. The molecule has 0 aliphatic carbocycles. The van der Waals surface area contributed by atoms with Gasteiger partial charge in [0.05, 0.1) is 25.4 Å². The average molecular weight is 912 g/mol. The van der Waals surface area contributed by atoms with Crippen LogP contribution in [0.4, 0.5) is 0 Å². The Morgan fingerprint density at radius 2 is 0.891 bits per heavy atom. The minimum atomic E-state index is -1.61. The van der Waals surface area contributed by atoms with Gasteiger partial charge in [-0.15, -0.1) is 0 Å². The minimum absolute atomic E-state index is 0.301. The van der Waals surface area contributed by atoms with Crippen LogP contribution in [0.3, 0.4) is 0 Å². The van der Waals surface area contributed by atoms with E-state index in [2.05, 4.69) is 19.2 Å². The van der Waals surface area contributed by atoms with E-state index < -0.39 is 61.5 Å². The fourth-order valence-corrected chi connectivity index (χ4v) is 8.99. The standard InChI is InChI=1S/C54H105NO9/c1-3-5-7-9-11-13-15-17-19-20-21-22-23-24-25-26-27-29-31-33-35-37-39-41-43-48(58)53(62)55-46(45-63-54-52(61)51(60)50(59)49(44-56)64-54)47(57)42-40-38-36-34-32-30-28-18-16-14-12-10-8-6-4-2/h40,42,46-52,54,56-61H,3-39,41,43-45H2,1-2H3,(H,55,62)/b42-40+. The highest BCUT2D eigenvalue weighted by molar-refractivity contribution is 5.80. The molecule has 8 unspecified atom stereocenters. The number of ether oxygens (including phenoxy) is 2. The Labute approximate surface area is 393 Å². The lowest BCUT2D eigenvalue weighted by Crippen LogP contribution is -2.60. The second-order valence-corrected chi connectivity index (χ2v) is 19.5. The number of rotatable bonds is 47. The summed E-state index contributed by atoms with van der Waals surface area (Å²) in [4.78, 5) is 13.1. The molecule has 10 nitrogen and oxygen atoms in total. The maximum absolute atomic E-state index is 13.1. The third-order valence-corrected chi connectivity index (χ3v) is 13.5. The Hall–Kier alpha value is -1.11. The van der Waals surface area contributed by atoms with E-state index in [9.17, 15) is 35.4 Å². The zero-order valence-electron chi connectivity index (χ0n) is 41.7. The van der Waals surface area contributed by atoms with Crippen molar-refractivity contribution in [1.82, 2.24) is 5.32 Å². The molecular formula is C54H105NO9. The summed E-state index contributed by atoms with van der Waals surface area (Å²) in [5.74, 6) is -0.611. The first kappa shape index (κ1) is 60.9. The van der Waals surface area contributed by atoms with E-state index >= 15 is 0 Å². The number of allylic oxidation sites excluding steroid dienone is 1. The molecule has 0 aromatic rings. The van der Waals surface area contributed by atoms with Crippen molar-refractivity contribution >= 4 is 5.91 Å². The molecule has 0 saturated carbocycles. The van der Waals surface area contributed by atoms with Crippen LogP contribution in [0.2, 0.25) is 0 Å². The van der Waals surface area contributed by atoms with Crippen LogP contribution in [-0.2, 0) is 14.3 Å². The molecule has 1 aliphatic rings. The summed E-state index contributed by atoms with van der Waals surface area (Å²) in [7, 11) is 0. The molecule has 1 amide bonds. The Kier molecular flexibility index (Phi) is 42.3. The second-order valence-electron chi connectivity index (χ2n) is 19.5. The van der Waals surface area contributed by atoms with Gasteiger partial charge in [-0.1, -0.05) is 257 Å². The average Bonchev–Trinajstić information content (AvgIpc) is 3.29. The molecule has 0 aromatic carbocycles. The fraction of sp³-hybridized carbons (Fsp3) is 0.944. The number of nitrogens with one attached hydrogen (secondary N) is 1. The van der Waals surface area contributed by atoms with Crippen LogP contribution in [0.5, 0.6) is 0 Å². The lowest BCUT2D eigenvalue weighted by molar-refractivity contribution is -0.302. The minimum Gasteiger partial charge on any atom is -0.394 e. The number of hydrogen-bond donors (Lipinski definition) is 7. The number of aliphatic hydroxyl groups is 6. The van der Waals surface area contributed by atoms with Crippen molar-refractivity contribution < 1.29 is 44.9 Å². The van der Waals surface area contributed by atoms with Gasteiger partial charge in [-0.05, 0) is 19.3 Å². The first-order valence-corrected chi connectivity index (χ1v) is 27.5. The van der Waals surface area contributed by atoms with Crippen LogP contribution in [0.25, 0.3) is 0 Å². The van der Waals surface area contributed by atoms with Crippen LogP contribution < -0.4 is 5.32 Å². The summed E-state index contributed by atoms with van der Waals surface area (Å²) in [6.45, 7) is 3.64. The Bertz CT molecular complexity index is 1030. The molecule has 7 N–H and O–H groups in total. The highest BCUT2D eigenvalue weighted by Crippen LogP contribution is 2.23. The third kappa shape index (κ3) is 33.4. The van der Waals surface area contributed by atoms with Crippen molar-refractivity contribution in [3.05, 3.63) is 12.2 Å². The lowest BCUT2D eigenvalue weighted by Gasteiger charge is -2.40. The van der Waals surface area contributed by atoms with Crippen LogP contribution in [0, 0.1) is 0 Å². The van der Waals surface area contributed by atoms with Crippen molar-refractivity contribution in [3.8, 4) is 0 Å². The molecule has 380 valence electrons. The normalized spacial score (nSPS) is 20.5. The highest BCUT2D eigenvalue weighted by Gasteiger charge is 2.44. The van der Waals surface area contributed by atoms with Crippen molar-refractivity contribution in [2.75, 3.05) is 13.2 Å². The molecule has 1 fully saturated rings. The first-order chi connectivity index (χ1) is 31.3. The van der Waals surface area contributed by atoms with Gasteiger partial charge in [-0.2, -0.15) is 0 Å². The van der Waals surface area contributed by atoms with Gasteiger partial charge in [-0.3, -0.25) is 4.79 Å². The maximum Gasteiger partial charge on any atom is 0.249 e. The molecule has 1 heterocycles. The fourth-order valence-electron chi connectivity index (χ4n) is 8.99. The molecule has 0 aromatic heterocycles. The Balaban J connectivity index is 2.26. The lowest BCUT2D eigenvalue weighted by atomic mass is 9.99. The van der Waals surface area contributed by atoms with Crippen molar-refractivity contribution in [3.63, 3.8) is 0 Å². The summed E-state index contributed by atoms with van der Waals surface area (Å²) < 4.78 is 11.2. The maximum atomic E-state index is 13.1. The molecule has 1 rings (SSSR count). The van der Waals surface area contributed by atoms with Gasteiger partial charge in [0.25, 0.3) is 0 Å². The SMILES string of the molecule is CCCCCCCCCCCCCCC/C=C/C(O)C(COC1OC(CO)C(O)C(O)C1O)NC(=O)C(O)CCCCCCCCCCCCCCCCCCCCCCCCCC. The topological polar surface area (TPSA) is 169 Å². The van der Waals surface area contributed by atoms with E-state index in [1.165, 1.54) is 199 Å². The van der Waals surface area contributed by atoms with Crippen molar-refractivity contribution in [1.29, 1.82) is 0 Å². The summed E-state index contributed by atoms with van der Waals surface area (Å²) in [5.41, 5.74) is 0. The third-order valence-electron chi connectivity index (χ3n) is 13.5. The molecule has 10 heteroatoms. The van der Waals surface area contributed by atoms with Crippen molar-refractivity contribution in [2.45, 2.75) is 313 Å². The molecule has 8 atom stereocenters. The quantitative estimate of drug-likeness (QED) is 0.0232. The molecule has 0 bridgehead atoms. The van der Waals surface area contributed by atoms with Gasteiger partial charge in [0, 0.05) is 0 Å². The zero-order valence-corrected chi connectivity index (χ0v) is 41.7. The Morgan fingerprint density at radius 3 is 1.27 bits per heavy atom. The van der Waals surface area contributed by atoms with Gasteiger partial charge >= 0.3 is 0 Å². The predicted octanol–water partition coefficient (Wildman–Crippen LogP) is 11.8. The van der Waals surface area contributed by atoms with Gasteiger partial charge in [0.2, 0.25) is 5.91 Å². The van der Waals surface area contributed by atoms with Crippen LogP contribution in [0.15, 0.2) is 12.2 Å². The number of carbonyl (C=O) groups excluding carboxylic acids is 1. The van der Waals surface area contributed by atoms with E-state index in [4.69, 9.17) is 9.47 Å². The van der Waals surface area contributed by atoms with E-state index in [1.807, 2.05) is 6.08 Å². The first-order valence-electron chi connectivity index (χ1n) is 27.5. The largest absolute Gasteiger partial charge is 0.394 e. The second kappa shape index (κ2) is 44.4. The van der Waals surface area contributed by atoms with Gasteiger partial charge in [-0.25, -0.2) is 0 Å². The van der Waals surface area contributed by atoms with Crippen LogP contribution in [0.1, 0.15) is 264 Å². The van der Waals surface area contributed by atoms with Gasteiger partial charge in [0.15, 0.2) is 6.29 Å².